The van der Waals surface area contributed by atoms with Crippen LogP contribution in [0.15, 0.2) is 0 Å². The Hall–Kier alpha value is -1.10. The maximum atomic E-state index is 12.0. The summed E-state index contributed by atoms with van der Waals surface area (Å²) in [6.07, 6.45) is 5.98. The molecular formula is C14H23N3O2. The van der Waals surface area contributed by atoms with E-state index in [2.05, 4.69) is 10.6 Å². The third kappa shape index (κ3) is 3.08. The first-order valence-corrected chi connectivity index (χ1v) is 7.56. The van der Waals surface area contributed by atoms with Gasteiger partial charge in [-0.1, -0.05) is 0 Å². The largest absolute Gasteiger partial charge is 0.352 e. The van der Waals surface area contributed by atoms with Crippen LogP contribution in [0.25, 0.3) is 0 Å². The summed E-state index contributed by atoms with van der Waals surface area (Å²) in [5, 5.41) is 6.35. The first kappa shape index (κ1) is 12.9. The molecule has 2 saturated heterocycles. The van der Waals surface area contributed by atoms with Gasteiger partial charge >= 0.3 is 0 Å². The van der Waals surface area contributed by atoms with E-state index in [1.807, 2.05) is 4.90 Å². The van der Waals surface area contributed by atoms with Crippen molar-refractivity contribution in [3.05, 3.63) is 0 Å². The van der Waals surface area contributed by atoms with E-state index < -0.39 is 0 Å². The molecule has 0 aromatic carbocycles. The lowest BCUT2D eigenvalue weighted by Gasteiger charge is -2.33. The highest BCUT2D eigenvalue weighted by atomic mass is 16.2. The quantitative estimate of drug-likeness (QED) is 0.769. The van der Waals surface area contributed by atoms with E-state index in [0.29, 0.717) is 11.8 Å². The molecule has 2 amide bonds. The second-order valence-electron chi connectivity index (χ2n) is 6.03. The van der Waals surface area contributed by atoms with Crippen LogP contribution in [0.5, 0.6) is 0 Å². The lowest BCUT2D eigenvalue weighted by molar-refractivity contribution is -0.133. The standard InChI is InChI=1S/C14H23N3O2/c18-13(12-2-1-7-15-12)16-11-5-8-17(9-6-11)14(19)10-3-4-10/h10-12,15H,1-9H2,(H,16,18)/t12-/m1/s1. The van der Waals surface area contributed by atoms with E-state index in [0.717, 1.165) is 58.2 Å². The Balaban J connectivity index is 1.42. The number of hydrogen-bond acceptors (Lipinski definition) is 3. The molecular weight excluding hydrogens is 242 g/mol. The first-order valence-electron chi connectivity index (χ1n) is 7.56. The van der Waals surface area contributed by atoms with Gasteiger partial charge in [-0.2, -0.15) is 0 Å². The van der Waals surface area contributed by atoms with Gasteiger partial charge in [-0.25, -0.2) is 0 Å². The second-order valence-corrected chi connectivity index (χ2v) is 6.03. The zero-order chi connectivity index (χ0) is 13.2. The fourth-order valence-electron chi connectivity index (χ4n) is 3.04. The zero-order valence-corrected chi connectivity index (χ0v) is 11.4. The molecule has 0 bridgehead atoms. The van der Waals surface area contributed by atoms with E-state index >= 15 is 0 Å². The monoisotopic (exact) mass is 265 g/mol. The molecule has 2 aliphatic heterocycles. The number of hydrogen-bond donors (Lipinski definition) is 2. The number of rotatable bonds is 3. The zero-order valence-electron chi connectivity index (χ0n) is 11.4. The van der Waals surface area contributed by atoms with Crippen molar-refractivity contribution in [2.75, 3.05) is 19.6 Å². The van der Waals surface area contributed by atoms with E-state index in [1.165, 1.54) is 0 Å². The molecule has 2 heterocycles. The maximum Gasteiger partial charge on any atom is 0.237 e. The molecule has 1 saturated carbocycles. The molecule has 0 aromatic rings. The Labute approximate surface area is 114 Å². The van der Waals surface area contributed by atoms with E-state index in [9.17, 15) is 9.59 Å². The number of carbonyl (C=O) groups excluding carboxylic acids is 2. The minimum absolute atomic E-state index is 0.00567. The van der Waals surface area contributed by atoms with Gasteiger partial charge < -0.3 is 15.5 Å². The molecule has 0 radical (unpaired) electrons. The minimum atomic E-state index is 0.00567. The van der Waals surface area contributed by atoms with Gasteiger partial charge in [0.05, 0.1) is 6.04 Å². The second kappa shape index (κ2) is 5.49. The average Bonchev–Trinajstić information content (AvgIpc) is 3.13. The van der Waals surface area contributed by atoms with Crippen LogP contribution in [-0.2, 0) is 9.59 Å². The van der Waals surface area contributed by atoms with Crippen LogP contribution >= 0.6 is 0 Å². The van der Waals surface area contributed by atoms with Gasteiger partial charge in [-0.15, -0.1) is 0 Å². The molecule has 3 aliphatic rings. The van der Waals surface area contributed by atoms with Gasteiger partial charge in [0.15, 0.2) is 0 Å². The van der Waals surface area contributed by atoms with Crippen molar-refractivity contribution in [3.63, 3.8) is 0 Å². The lowest BCUT2D eigenvalue weighted by Crippen LogP contribution is -2.50. The van der Waals surface area contributed by atoms with Gasteiger partial charge in [-0.3, -0.25) is 9.59 Å². The summed E-state index contributed by atoms with van der Waals surface area (Å²) in [6.45, 7) is 2.56. The summed E-state index contributed by atoms with van der Waals surface area (Å²) < 4.78 is 0. The number of nitrogens with one attached hydrogen (secondary N) is 2. The average molecular weight is 265 g/mol. The molecule has 5 nitrogen and oxygen atoms in total. The predicted molar refractivity (Wildman–Crippen MR) is 71.5 cm³/mol. The van der Waals surface area contributed by atoms with Gasteiger partial charge in [-0.05, 0) is 45.1 Å². The van der Waals surface area contributed by atoms with Crippen molar-refractivity contribution in [3.8, 4) is 0 Å². The SMILES string of the molecule is O=C(NC1CCN(C(=O)C2CC2)CC1)[C@H]1CCCN1. The fraction of sp³-hybridized carbons (Fsp3) is 0.857. The molecule has 5 heteroatoms. The molecule has 0 spiro atoms. The van der Waals surface area contributed by atoms with Gasteiger partial charge in [0, 0.05) is 25.0 Å². The summed E-state index contributed by atoms with van der Waals surface area (Å²) in [5.74, 6) is 0.792. The number of piperidine rings is 1. The summed E-state index contributed by atoms with van der Waals surface area (Å²) in [4.78, 5) is 25.9. The summed E-state index contributed by atoms with van der Waals surface area (Å²) in [7, 11) is 0. The molecule has 19 heavy (non-hydrogen) atoms. The molecule has 106 valence electrons. The third-order valence-electron chi connectivity index (χ3n) is 4.46. The van der Waals surface area contributed by atoms with Crippen LogP contribution in [0.4, 0.5) is 0 Å². The number of nitrogens with zero attached hydrogens (tertiary/aromatic N) is 1. The highest BCUT2D eigenvalue weighted by Crippen LogP contribution is 2.31. The highest BCUT2D eigenvalue weighted by molar-refractivity contribution is 5.82. The van der Waals surface area contributed by atoms with Crippen molar-refractivity contribution in [2.45, 2.75) is 50.6 Å². The fourth-order valence-corrected chi connectivity index (χ4v) is 3.04. The van der Waals surface area contributed by atoms with Gasteiger partial charge in [0.25, 0.3) is 0 Å². The van der Waals surface area contributed by atoms with Crippen LogP contribution < -0.4 is 10.6 Å². The van der Waals surface area contributed by atoms with Crippen LogP contribution in [0.1, 0.15) is 38.5 Å². The summed E-state index contributed by atoms with van der Waals surface area (Å²) in [5.41, 5.74) is 0. The molecule has 2 N–H and O–H groups in total. The summed E-state index contributed by atoms with van der Waals surface area (Å²) in [6, 6.07) is 0.254. The van der Waals surface area contributed by atoms with Crippen LogP contribution in [-0.4, -0.2) is 48.4 Å². The van der Waals surface area contributed by atoms with Crippen LogP contribution in [0.3, 0.4) is 0 Å². The Kier molecular flexibility index (Phi) is 3.73. The van der Waals surface area contributed by atoms with Gasteiger partial charge in [0.1, 0.15) is 0 Å². The smallest absolute Gasteiger partial charge is 0.237 e. The van der Waals surface area contributed by atoms with E-state index in [4.69, 9.17) is 0 Å². The third-order valence-corrected chi connectivity index (χ3v) is 4.46. The molecule has 3 rings (SSSR count). The maximum absolute atomic E-state index is 12.0. The van der Waals surface area contributed by atoms with Gasteiger partial charge in [0.2, 0.25) is 11.8 Å². The Bertz CT molecular complexity index is 354. The first-order chi connectivity index (χ1) is 9.24. The normalized spacial score (nSPS) is 28.4. The van der Waals surface area contributed by atoms with Crippen LogP contribution in [0, 0.1) is 5.92 Å². The molecule has 0 aromatic heterocycles. The Morgan fingerprint density at radius 2 is 1.79 bits per heavy atom. The number of amides is 2. The molecule has 1 aliphatic carbocycles. The van der Waals surface area contributed by atoms with Crippen molar-refractivity contribution in [2.24, 2.45) is 5.92 Å². The number of carbonyl (C=O) groups is 2. The van der Waals surface area contributed by atoms with Crippen molar-refractivity contribution < 1.29 is 9.59 Å². The topological polar surface area (TPSA) is 61.4 Å². The predicted octanol–water partition coefficient (Wildman–Crippen LogP) is 0.256. The lowest BCUT2D eigenvalue weighted by atomic mass is 10.0. The summed E-state index contributed by atoms with van der Waals surface area (Å²) >= 11 is 0. The van der Waals surface area contributed by atoms with Crippen molar-refractivity contribution in [1.29, 1.82) is 0 Å². The van der Waals surface area contributed by atoms with Crippen molar-refractivity contribution in [1.82, 2.24) is 15.5 Å². The van der Waals surface area contributed by atoms with E-state index in [-0.39, 0.29) is 18.0 Å². The van der Waals surface area contributed by atoms with Crippen LogP contribution in [0.2, 0.25) is 0 Å². The molecule has 3 fully saturated rings. The van der Waals surface area contributed by atoms with Crippen molar-refractivity contribution >= 4 is 11.8 Å². The minimum Gasteiger partial charge on any atom is -0.352 e. The Morgan fingerprint density at radius 3 is 2.37 bits per heavy atom. The molecule has 0 unspecified atom stereocenters. The number of likely N-dealkylation sites (tertiary alicyclic amines) is 1. The van der Waals surface area contributed by atoms with E-state index in [1.54, 1.807) is 0 Å². The highest BCUT2D eigenvalue weighted by Gasteiger charge is 2.35. The Morgan fingerprint density at radius 1 is 1.05 bits per heavy atom. The molecule has 1 atom stereocenters.